The van der Waals surface area contributed by atoms with Crippen molar-refractivity contribution >= 4 is 11.3 Å². The van der Waals surface area contributed by atoms with Crippen LogP contribution < -0.4 is 5.73 Å². The molecule has 1 heterocycles. The Balaban J connectivity index is 2.10. The Labute approximate surface area is 121 Å². The summed E-state index contributed by atoms with van der Waals surface area (Å²) >= 11 is 1.74. The van der Waals surface area contributed by atoms with Gasteiger partial charge < -0.3 is 10.6 Å². The van der Waals surface area contributed by atoms with Gasteiger partial charge in [0.2, 0.25) is 0 Å². The van der Waals surface area contributed by atoms with Gasteiger partial charge in [0.05, 0.1) is 5.01 Å². The predicted octanol–water partition coefficient (Wildman–Crippen LogP) is 2.83. The van der Waals surface area contributed by atoms with Crippen LogP contribution in [0.15, 0.2) is 5.38 Å². The Morgan fingerprint density at radius 1 is 1.47 bits per heavy atom. The fourth-order valence-electron chi connectivity index (χ4n) is 3.29. The monoisotopic (exact) mass is 281 g/mol. The number of aromatic nitrogens is 1. The minimum Gasteiger partial charge on any atom is -0.326 e. The summed E-state index contributed by atoms with van der Waals surface area (Å²) in [5.74, 6) is 0.849. The molecule has 1 aromatic heterocycles. The minimum atomic E-state index is 0.159. The van der Waals surface area contributed by atoms with Gasteiger partial charge in [-0.05, 0) is 52.6 Å². The highest BCUT2D eigenvalue weighted by atomic mass is 32.1. The van der Waals surface area contributed by atoms with E-state index in [0.717, 1.165) is 18.0 Å². The highest BCUT2D eigenvalue weighted by molar-refractivity contribution is 7.09. The molecule has 0 bridgehead atoms. The number of thiazole rings is 1. The van der Waals surface area contributed by atoms with Gasteiger partial charge in [-0.1, -0.05) is 6.92 Å². The van der Waals surface area contributed by atoms with Gasteiger partial charge in [-0.3, -0.25) is 0 Å². The summed E-state index contributed by atoms with van der Waals surface area (Å²) in [5, 5.41) is 3.30. The van der Waals surface area contributed by atoms with Crippen LogP contribution in [0.25, 0.3) is 0 Å². The summed E-state index contributed by atoms with van der Waals surface area (Å²) in [4.78, 5) is 6.94. The van der Waals surface area contributed by atoms with Crippen LogP contribution in [0.3, 0.4) is 0 Å². The first-order valence-corrected chi connectivity index (χ1v) is 8.16. The first-order chi connectivity index (χ1) is 8.94. The van der Waals surface area contributed by atoms with Crippen LogP contribution in [0.4, 0.5) is 0 Å². The van der Waals surface area contributed by atoms with Gasteiger partial charge in [0, 0.05) is 29.1 Å². The van der Waals surface area contributed by atoms with E-state index in [2.05, 4.69) is 43.2 Å². The molecule has 4 heteroatoms. The smallest absolute Gasteiger partial charge is 0.0944 e. The number of nitrogens with two attached hydrogens (primary N) is 1. The molecule has 2 N–H and O–H groups in total. The summed E-state index contributed by atoms with van der Waals surface area (Å²) in [5.41, 5.74) is 7.87. The molecule has 1 atom stereocenters. The third kappa shape index (κ3) is 3.18. The number of likely N-dealkylation sites (N-methyl/N-ethyl adjacent to an activating group) is 1. The molecule has 1 unspecified atom stereocenters. The van der Waals surface area contributed by atoms with Crippen molar-refractivity contribution in [1.29, 1.82) is 0 Å². The second kappa shape index (κ2) is 5.90. The second-order valence-electron chi connectivity index (χ2n) is 6.37. The van der Waals surface area contributed by atoms with Gasteiger partial charge in [0.15, 0.2) is 0 Å². The van der Waals surface area contributed by atoms with Crippen LogP contribution in [-0.4, -0.2) is 35.6 Å². The zero-order chi connectivity index (χ0) is 14.0. The van der Waals surface area contributed by atoms with Crippen LogP contribution in [-0.2, 0) is 6.42 Å². The van der Waals surface area contributed by atoms with E-state index in [-0.39, 0.29) is 11.6 Å². The molecular weight excluding hydrogens is 254 g/mol. The third-order valence-corrected chi connectivity index (χ3v) is 5.77. The number of hydrogen-bond donors (Lipinski definition) is 1. The summed E-state index contributed by atoms with van der Waals surface area (Å²) in [7, 11) is 4.37. The first kappa shape index (κ1) is 14.9. The molecule has 0 aromatic carbocycles. The van der Waals surface area contributed by atoms with Gasteiger partial charge >= 0.3 is 0 Å². The standard InChI is InChI=1S/C15H27N3S/c1-11-5-7-15(8-6-11,18(3)4)13(16)9-14-17-12(2)10-19-14/h10-11,13H,5-9,16H2,1-4H3. The molecular formula is C15H27N3S. The van der Waals surface area contributed by atoms with E-state index in [9.17, 15) is 0 Å². The van der Waals surface area contributed by atoms with Gasteiger partial charge in [-0.15, -0.1) is 11.3 Å². The van der Waals surface area contributed by atoms with Crippen molar-refractivity contribution in [3.8, 4) is 0 Å². The Morgan fingerprint density at radius 2 is 2.11 bits per heavy atom. The highest BCUT2D eigenvalue weighted by Gasteiger charge is 2.41. The molecule has 0 saturated heterocycles. The molecule has 0 aliphatic heterocycles. The van der Waals surface area contributed by atoms with Crippen molar-refractivity contribution in [1.82, 2.24) is 9.88 Å². The molecule has 1 aliphatic carbocycles. The van der Waals surface area contributed by atoms with Crippen LogP contribution in [0.5, 0.6) is 0 Å². The molecule has 19 heavy (non-hydrogen) atoms. The Bertz CT molecular complexity index is 405. The minimum absolute atomic E-state index is 0.159. The number of nitrogens with zero attached hydrogens (tertiary/aromatic N) is 2. The Kier molecular flexibility index (Phi) is 4.64. The van der Waals surface area contributed by atoms with E-state index in [0.29, 0.717) is 0 Å². The second-order valence-corrected chi connectivity index (χ2v) is 7.32. The SMILES string of the molecule is Cc1csc(CC(N)C2(N(C)C)CCC(C)CC2)n1. The van der Waals surface area contributed by atoms with Crippen molar-refractivity contribution in [2.24, 2.45) is 11.7 Å². The van der Waals surface area contributed by atoms with Gasteiger partial charge in [-0.2, -0.15) is 0 Å². The van der Waals surface area contributed by atoms with Gasteiger partial charge in [0.1, 0.15) is 0 Å². The molecule has 1 saturated carbocycles. The van der Waals surface area contributed by atoms with Crippen molar-refractivity contribution in [2.75, 3.05) is 14.1 Å². The summed E-state index contributed by atoms with van der Waals surface area (Å²) in [6, 6.07) is 0.181. The van der Waals surface area contributed by atoms with Crippen LogP contribution in [0.2, 0.25) is 0 Å². The van der Waals surface area contributed by atoms with Crippen LogP contribution >= 0.6 is 11.3 Å². The molecule has 3 nitrogen and oxygen atoms in total. The lowest BCUT2D eigenvalue weighted by Gasteiger charge is -2.48. The average molecular weight is 281 g/mol. The van der Waals surface area contributed by atoms with Crippen LogP contribution in [0, 0.1) is 12.8 Å². The molecule has 1 aliphatic rings. The lowest BCUT2D eigenvalue weighted by atomic mass is 9.71. The zero-order valence-corrected chi connectivity index (χ0v) is 13.5. The molecule has 0 radical (unpaired) electrons. The van der Waals surface area contributed by atoms with E-state index >= 15 is 0 Å². The lowest BCUT2D eigenvalue weighted by molar-refractivity contribution is 0.0568. The lowest BCUT2D eigenvalue weighted by Crippen LogP contribution is -2.59. The zero-order valence-electron chi connectivity index (χ0n) is 12.6. The van der Waals surface area contributed by atoms with Crippen molar-refractivity contribution in [3.05, 3.63) is 16.1 Å². The largest absolute Gasteiger partial charge is 0.326 e. The van der Waals surface area contributed by atoms with Gasteiger partial charge in [-0.25, -0.2) is 4.98 Å². The fourth-order valence-corrected chi connectivity index (χ4v) is 4.12. The van der Waals surface area contributed by atoms with Gasteiger partial charge in [0.25, 0.3) is 0 Å². The first-order valence-electron chi connectivity index (χ1n) is 7.28. The summed E-state index contributed by atoms with van der Waals surface area (Å²) < 4.78 is 0. The van der Waals surface area contributed by atoms with Crippen molar-refractivity contribution in [2.45, 2.75) is 57.5 Å². The molecule has 0 amide bonds. The van der Waals surface area contributed by atoms with Crippen LogP contribution in [0.1, 0.15) is 43.3 Å². The van der Waals surface area contributed by atoms with E-state index in [1.807, 2.05) is 0 Å². The molecule has 1 fully saturated rings. The molecule has 108 valence electrons. The summed E-state index contributed by atoms with van der Waals surface area (Å²) in [6.07, 6.45) is 5.93. The van der Waals surface area contributed by atoms with Crippen molar-refractivity contribution in [3.63, 3.8) is 0 Å². The quantitative estimate of drug-likeness (QED) is 0.923. The van der Waals surface area contributed by atoms with E-state index in [1.54, 1.807) is 11.3 Å². The number of hydrogen-bond acceptors (Lipinski definition) is 4. The fraction of sp³-hybridized carbons (Fsp3) is 0.800. The maximum atomic E-state index is 6.60. The normalized spacial score (nSPS) is 29.7. The maximum absolute atomic E-state index is 6.60. The number of aryl methyl sites for hydroxylation is 1. The Morgan fingerprint density at radius 3 is 2.58 bits per heavy atom. The van der Waals surface area contributed by atoms with E-state index in [1.165, 1.54) is 30.7 Å². The maximum Gasteiger partial charge on any atom is 0.0944 e. The predicted molar refractivity (Wildman–Crippen MR) is 82.6 cm³/mol. The molecule has 1 aromatic rings. The topological polar surface area (TPSA) is 42.1 Å². The molecule has 0 spiro atoms. The summed E-state index contributed by atoms with van der Waals surface area (Å²) in [6.45, 7) is 4.41. The average Bonchev–Trinajstić information content (AvgIpc) is 2.75. The van der Waals surface area contributed by atoms with E-state index in [4.69, 9.17) is 5.73 Å². The number of rotatable bonds is 4. The Hall–Kier alpha value is -0.450. The van der Waals surface area contributed by atoms with Crippen molar-refractivity contribution < 1.29 is 0 Å². The van der Waals surface area contributed by atoms with E-state index < -0.39 is 0 Å². The molecule has 2 rings (SSSR count). The third-order valence-electron chi connectivity index (χ3n) is 4.78. The highest BCUT2D eigenvalue weighted by Crippen LogP contribution is 2.38.